The number of hydrogen-bond donors (Lipinski definition) is 1. The first-order valence-corrected chi connectivity index (χ1v) is 5.19. The van der Waals surface area contributed by atoms with Crippen LogP contribution in [0.15, 0.2) is 18.5 Å². The van der Waals surface area contributed by atoms with Crippen LogP contribution in [0.5, 0.6) is 0 Å². The second-order valence-electron chi connectivity index (χ2n) is 3.11. The van der Waals surface area contributed by atoms with Crippen molar-refractivity contribution in [1.82, 2.24) is 14.2 Å². The fourth-order valence-corrected chi connectivity index (χ4v) is 1.94. The van der Waals surface area contributed by atoms with Gasteiger partial charge in [0.15, 0.2) is 0 Å². The van der Waals surface area contributed by atoms with Gasteiger partial charge in [-0.1, -0.05) is 0 Å². The zero-order valence-electron chi connectivity index (χ0n) is 7.97. The molecule has 2 rings (SSSR count). The molecule has 14 heavy (non-hydrogen) atoms. The molecule has 0 atom stereocenters. The van der Waals surface area contributed by atoms with Crippen LogP contribution in [0.4, 0.5) is 0 Å². The van der Waals surface area contributed by atoms with Gasteiger partial charge in [0, 0.05) is 17.6 Å². The lowest BCUT2D eigenvalue weighted by Gasteiger charge is -2.03. The van der Waals surface area contributed by atoms with Crippen LogP contribution < -0.4 is 5.73 Å². The molecule has 2 N–H and O–H groups in total. The first-order chi connectivity index (χ1) is 6.81. The van der Waals surface area contributed by atoms with Crippen molar-refractivity contribution in [2.75, 3.05) is 0 Å². The monoisotopic (exact) mass is 208 g/mol. The quantitative estimate of drug-likeness (QED) is 0.823. The van der Waals surface area contributed by atoms with Gasteiger partial charge in [-0.2, -0.15) is 5.10 Å². The minimum absolute atomic E-state index is 0.532. The highest BCUT2D eigenvalue weighted by Gasteiger charge is 2.06. The summed E-state index contributed by atoms with van der Waals surface area (Å²) in [6, 6.07) is 2.00. The fraction of sp³-hybridized carbons (Fsp3) is 0.333. The minimum Gasteiger partial charge on any atom is -0.325 e. The van der Waals surface area contributed by atoms with Gasteiger partial charge in [-0.15, -0.1) is 0 Å². The van der Waals surface area contributed by atoms with E-state index in [2.05, 4.69) is 9.47 Å². The molecule has 0 unspecified atom stereocenters. The lowest BCUT2D eigenvalue weighted by atomic mass is 10.3. The number of nitrogens with two attached hydrogens (primary N) is 1. The van der Waals surface area contributed by atoms with Crippen LogP contribution in [0, 0.1) is 6.92 Å². The summed E-state index contributed by atoms with van der Waals surface area (Å²) in [5, 5.41) is 4.28. The predicted octanol–water partition coefficient (Wildman–Crippen LogP) is 1.16. The fourth-order valence-electron chi connectivity index (χ4n) is 1.38. The molecular weight excluding hydrogens is 196 g/mol. The molecule has 0 aliphatic rings. The third-order valence-electron chi connectivity index (χ3n) is 2.15. The molecule has 2 aromatic heterocycles. The molecule has 5 heteroatoms. The Hall–Kier alpha value is -1.20. The summed E-state index contributed by atoms with van der Waals surface area (Å²) in [6.45, 7) is 3.33. The first-order valence-electron chi connectivity index (χ1n) is 4.42. The number of aryl methyl sites for hydroxylation is 1. The predicted molar refractivity (Wildman–Crippen MR) is 56.1 cm³/mol. The molecule has 4 nitrogen and oxygen atoms in total. The van der Waals surface area contributed by atoms with Gasteiger partial charge < -0.3 is 5.73 Å². The van der Waals surface area contributed by atoms with E-state index in [9.17, 15) is 0 Å². The molecule has 74 valence electrons. The maximum Gasteiger partial charge on any atom is 0.0772 e. The van der Waals surface area contributed by atoms with Crippen LogP contribution >= 0.6 is 11.5 Å². The molecule has 0 aliphatic carbocycles. The summed E-state index contributed by atoms with van der Waals surface area (Å²) in [4.78, 5) is 1.20. The molecule has 0 aliphatic heterocycles. The maximum absolute atomic E-state index is 5.65. The van der Waals surface area contributed by atoms with Gasteiger partial charge >= 0.3 is 0 Å². The van der Waals surface area contributed by atoms with E-state index in [0.717, 1.165) is 17.8 Å². The van der Waals surface area contributed by atoms with Crippen molar-refractivity contribution < 1.29 is 0 Å². The van der Waals surface area contributed by atoms with E-state index >= 15 is 0 Å². The first kappa shape index (κ1) is 9.36. The molecule has 0 saturated carbocycles. The van der Waals surface area contributed by atoms with E-state index in [1.807, 2.05) is 23.9 Å². The standard InChI is InChI=1S/C9H12N4S/c1-7-5-11-13(9(7)4-10)6-8-2-3-12-14-8/h2-3,5H,4,6,10H2,1H3. The molecule has 0 bridgehead atoms. The van der Waals surface area contributed by atoms with Gasteiger partial charge in [0.2, 0.25) is 0 Å². The zero-order chi connectivity index (χ0) is 9.97. The summed E-state index contributed by atoms with van der Waals surface area (Å²) < 4.78 is 5.98. The Kier molecular flexibility index (Phi) is 2.60. The topological polar surface area (TPSA) is 56.7 Å². The van der Waals surface area contributed by atoms with Crippen molar-refractivity contribution in [3.05, 3.63) is 34.6 Å². The van der Waals surface area contributed by atoms with E-state index < -0.39 is 0 Å². The Morgan fingerprint density at radius 1 is 1.57 bits per heavy atom. The number of aromatic nitrogens is 3. The highest BCUT2D eigenvalue weighted by atomic mass is 32.1. The van der Waals surface area contributed by atoms with Crippen LogP contribution in [0.1, 0.15) is 16.1 Å². The lowest BCUT2D eigenvalue weighted by molar-refractivity contribution is 0.651. The molecule has 2 heterocycles. The summed E-state index contributed by atoms with van der Waals surface area (Å²) in [7, 11) is 0. The van der Waals surface area contributed by atoms with Gasteiger partial charge in [-0.25, -0.2) is 4.37 Å². The molecule has 0 spiro atoms. The molecule has 0 amide bonds. The Balaban J connectivity index is 2.25. The van der Waals surface area contributed by atoms with E-state index in [0.29, 0.717) is 6.54 Å². The lowest BCUT2D eigenvalue weighted by Crippen LogP contribution is -2.09. The van der Waals surface area contributed by atoms with Gasteiger partial charge in [0.1, 0.15) is 0 Å². The summed E-state index contributed by atoms with van der Waals surface area (Å²) >= 11 is 1.49. The van der Waals surface area contributed by atoms with E-state index in [4.69, 9.17) is 5.73 Å². The third-order valence-corrected chi connectivity index (χ3v) is 2.87. The Morgan fingerprint density at radius 2 is 2.43 bits per heavy atom. The summed E-state index contributed by atoms with van der Waals surface area (Å²) in [5.74, 6) is 0. The van der Waals surface area contributed by atoms with Crippen LogP contribution in [-0.2, 0) is 13.1 Å². The van der Waals surface area contributed by atoms with Crippen molar-refractivity contribution in [3.8, 4) is 0 Å². The second kappa shape index (κ2) is 3.89. The van der Waals surface area contributed by atoms with Crippen molar-refractivity contribution in [1.29, 1.82) is 0 Å². The van der Waals surface area contributed by atoms with E-state index in [1.165, 1.54) is 16.4 Å². The van der Waals surface area contributed by atoms with E-state index in [-0.39, 0.29) is 0 Å². The molecular formula is C9H12N4S. The molecule has 2 aromatic rings. The molecule has 0 fully saturated rings. The number of nitrogens with zero attached hydrogens (tertiary/aromatic N) is 3. The molecule has 0 saturated heterocycles. The van der Waals surface area contributed by atoms with E-state index in [1.54, 1.807) is 6.20 Å². The number of rotatable bonds is 3. The van der Waals surface area contributed by atoms with Crippen molar-refractivity contribution in [2.45, 2.75) is 20.0 Å². The average molecular weight is 208 g/mol. The normalized spacial score (nSPS) is 10.7. The summed E-state index contributed by atoms with van der Waals surface area (Å²) in [6.07, 6.45) is 3.65. The van der Waals surface area contributed by atoms with Crippen molar-refractivity contribution in [2.24, 2.45) is 5.73 Å². The van der Waals surface area contributed by atoms with Gasteiger partial charge in [0.25, 0.3) is 0 Å². The van der Waals surface area contributed by atoms with Crippen LogP contribution in [0.25, 0.3) is 0 Å². The highest BCUT2D eigenvalue weighted by Crippen LogP contribution is 2.11. The second-order valence-corrected chi connectivity index (χ2v) is 4.03. The average Bonchev–Trinajstić information content (AvgIpc) is 2.77. The third kappa shape index (κ3) is 1.69. The zero-order valence-corrected chi connectivity index (χ0v) is 8.79. The maximum atomic E-state index is 5.65. The highest BCUT2D eigenvalue weighted by molar-refractivity contribution is 7.05. The van der Waals surface area contributed by atoms with Gasteiger partial charge in [-0.05, 0) is 30.1 Å². The molecule has 0 aromatic carbocycles. The molecule has 0 radical (unpaired) electrons. The van der Waals surface area contributed by atoms with Crippen LogP contribution in [0.3, 0.4) is 0 Å². The van der Waals surface area contributed by atoms with Crippen LogP contribution in [-0.4, -0.2) is 14.2 Å². The Morgan fingerprint density at radius 3 is 3.07 bits per heavy atom. The van der Waals surface area contributed by atoms with Gasteiger partial charge in [0.05, 0.1) is 18.4 Å². The Labute approximate surface area is 86.5 Å². The smallest absolute Gasteiger partial charge is 0.0772 e. The van der Waals surface area contributed by atoms with Crippen molar-refractivity contribution >= 4 is 11.5 Å². The Bertz CT molecular complexity index is 404. The SMILES string of the molecule is Cc1cnn(Cc2ccns2)c1CN. The minimum atomic E-state index is 0.532. The number of hydrogen-bond acceptors (Lipinski definition) is 4. The summed E-state index contributed by atoms with van der Waals surface area (Å²) in [5.41, 5.74) is 7.90. The van der Waals surface area contributed by atoms with Gasteiger partial charge in [-0.3, -0.25) is 4.68 Å². The largest absolute Gasteiger partial charge is 0.325 e. The van der Waals surface area contributed by atoms with Crippen LogP contribution in [0.2, 0.25) is 0 Å². The van der Waals surface area contributed by atoms with Crippen molar-refractivity contribution in [3.63, 3.8) is 0 Å².